The van der Waals surface area contributed by atoms with E-state index in [4.69, 9.17) is 12.6 Å². The predicted molar refractivity (Wildman–Crippen MR) is 70.2 cm³/mol. The lowest BCUT2D eigenvalue weighted by Gasteiger charge is -2.25. The van der Waals surface area contributed by atoms with Gasteiger partial charge in [0, 0.05) is 4.75 Å². The highest BCUT2D eigenvalue weighted by atomic mass is 32.1. The Bertz CT molecular complexity index is 125. The van der Waals surface area contributed by atoms with E-state index in [0.29, 0.717) is 0 Å². The second kappa shape index (κ2) is 7.62. The normalized spacial score (nSPS) is 15.9. The van der Waals surface area contributed by atoms with E-state index in [0.717, 1.165) is 5.92 Å². The Morgan fingerprint density at radius 2 is 1.64 bits per heavy atom. The number of hydrogen-bond acceptors (Lipinski definition) is 1. The van der Waals surface area contributed by atoms with E-state index >= 15 is 0 Å². The van der Waals surface area contributed by atoms with Gasteiger partial charge in [0.05, 0.1) is 0 Å². The lowest BCUT2D eigenvalue weighted by Crippen LogP contribution is -2.17. The van der Waals surface area contributed by atoms with Crippen LogP contribution in [-0.2, 0) is 0 Å². The lowest BCUT2D eigenvalue weighted by atomic mass is 9.90. The van der Waals surface area contributed by atoms with E-state index in [-0.39, 0.29) is 4.75 Å². The highest BCUT2D eigenvalue weighted by Gasteiger charge is 2.19. The fourth-order valence-corrected chi connectivity index (χ4v) is 2.18. The minimum Gasteiger partial charge on any atom is -0.173 e. The zero-order valence-corrected chi connectivity index (χ0v) is 11.4. The molecule has 0 bridgehead atoms. The summed E-state index contributed by atoms with van der Waals surface area (Å²) in [4.78, 5) is 0. The van der Waals surface area contributed by atoms with Crippen molar-refractivity contribution in [3.63, 3.8) is 0 Å². The molecule has 0 nitrogen and oxygen atoms in total. The van der Waals surface area contributed by atoms with E-state index in [1.54, 1.807) is 0 Å². The molecule has 1 heteroatoms. The van der Waals surface area contributed by atoms with E-state index in [1.807, 2.05) is 0 Å². The molecule has 0 N–H and O–H groups in total. The quantitative estimate of drug-likeness (QED) is 0.537. The summed E-state index contributed by atoms with van der Waals surface area (Å²) in [5.74, 6) is 0.920. The first-order valence-corrected chi connectivity index (χ1v) is 6.72. The Morgan fingerprint density at radius 3 is 2.07 bits per heavy atom. The summed E-state index contributed by atoms with van der Waals surface area (Å²) >= 11 is 4.77. The van der Waals surface area contributed by atoms with Crippen molar-refractivity contribution in [1.82, 2.24) is 0 Å². The van der Waals surface area contributed by atoms with E-state index in [9.17, 15) is 0 Å². The molecular formula is C13H28S. The van der Waals surface area contributed by atoms with E-state index < -0.39 is 0 Å². The Kier molecular flexibility index (Phi) is 7.81. The van der Waals surface area contributed by atoms with Crippen LogP contribution in [0.2, 0.25) is 0 Å². The molecule has 0 aromatic carbocycles. The highest BCUT2D eigenvalue weighted by Crippen LogP contribution is 2.30. The smallest absolute Gasteiger partial charge is 0.0101 e. The fourth-order valence-electron chi connectivity index (χ4n) is 1.89. The average Bonchev–Trinajstić information content (AvgIpc) is 2.16. The Balaban J connectivity index is 3.72. The molecule has 0 saturated carbocycles. The SMILES string of the molecule is CCCCC(C)(S)CCC(CC)CC. The van der Waals surface area contributed by atoms with Crippen molar-refractivity contribution in [2.24, 2.45) is 5.92 Å². The van der Waals surface area contributed by atoms with Crippen molar-refractivity contribution in [1.29, 1.82) is 0 Å². The van der Waals surface area contributed by atoms with Crippen LogP contribution in [0.15, 0.2) is 0 Å². The molecule has 0 radical (unpaired) electrons. The van der Waals surface area contributed by atoms with Crippen molar-refractivity contribution in [3.8, 4) is 0 Å². The minimum absolute atomic E-state index is 0.276. The summed E-state index contributed by atoms with van der Waals surface area (Å²) in [6, 6.07) is 0. The summed E-state index contributed by atoms with van der Waals surface area (Å²) in [7, 11) is 0. The second-order valence-electron chi connectivity index (χ2n) is 4.82. The third kappa shape index (κ3) is 6.75. The third-order valence-electron chi connectivity index (χ3n) is 3.31. The minimum atomic E-state index is 0.276. The maximum absolute atomic E-state index is 4.77. The van der Waals surface area contributed by atoms with Crippen LogP contribution >= 0.6 is 12.6 Å². The Labute approximate surface area is 96.3 Å². The number of unbranched alkanes of at least 4 members (excludes halogenated alkanes) is 1. The van der Waals surface area contributed by atoms with Crippen LogP contribution in [0.4, 0.5) is 0 Å². The van der Waals surface area contributed by atoms with Gasteiger partial charge >= 0.3 is 0 Å². The largest absolute Gasteiger partial charge is 0.173 e. The molecule has 86 valence electrons. The summed E-state index contributed by atoms with van der Waals surface area (Å²) < 4.78 is 0.276. The van der Waals surface area contributed by atoms with Gasteiger partial charge in [-0.2, -0.15) is 12.6 Å². The summed E-state index contributed by atoms with van der Waals surface area (Å²) in [5, 5.41) is 0. The molecule has 1 atom stereocenters. The van der Waals surface area contributed by atoms with E-state index in [1.165, 1.54) is 44.9 Å². The fraction of sp³-hybridized carbons (Fsp3) is 1.00. The van der Waals surface area contributed by atoms with Crippen LogP contribution in [0.1, 0.15) is 72.6 Å². The van der Waals surface area contributed by atoms with Crippen molar-refractivity contribution < 1.29 is 0 Å². The van der Waals surface area contributed by atoms with Gasteiger partial charge in [0.2, 0.25) is 0 Å². The maximum atomic E-state index is 4.77. The van der Waals surface area contributed by atoms with Gasteiger partial charge in [-0.25, -0.2) is 0 Å². The van der Waals surface area contributed by atoms with Gasteiger partial charge in [-0.15, -0.1) is 0 Å². The van der Waals surface area contributed by atoms with E-state index in [2.05, 4.69) is 27.7 Å². The van der Waals surface area contributed by atoms with Crippen LogP contribution in [0.5, 0.6) is 0 Å². The molecule has 14 heavy (non-hydrogen) atoms. The molecule has 0 aliphatic carbocycles. The molecule has 0 saturated heterocycles. The topological polar surface area (TPSA) is 0 Å². The Hall–Kier alpha value is 0.350. The number of hydrogen-bond donors (Lipinski definition) is 1. The monoisotopic (exact) mass is 216 g/mol. The maximum Gasteiger partial charge on any atom is 0.0101 e. The van der Waals surface area contributed by atoms with Crippen LogP contribution < -0.4 is 0 Å². The first-order chi connectivity index (χ1) is 6.55. The number of rotatable bonds is 8. The molecule has 0 amide bonds. The first kappa shape index (κ1) is 14.3. The van der Waals surface area contributed by atoms with Crippen LogP contribution in [0, 0.1) is 5.92 Å². The summed E-state index contributed by atoms with van der Waals surface area (Å²) in [6.07, 6.45) is 9.18. The highest BCUT2D eigenvalue weighted by molar-refractivity contribution is 7.81. The summed E-state index contributed by atoms with van der Waals surface area (Å²) in [6.45, 7) is 9.16. The van der Waals surface area contributed by atoms with Crippen molar-refractivity contribution in [2.45, 2.75) is 77.4 Å². The van der Waals surface area contributed by atoms with Crippen molar-refractivity contribution in [2.75, 3.05) is 0 Å². The van der Waals surface area contributed by atoms with Gasteiger partial charge in [0.1, 0.15) is 0 Å². The van der Waals surface area contributed by atoms with Crippen LogP contribution in [-0.4, -0.2) is 4.75 Å². The van der Waals surface area contributed by atoms with Gasteiger partial charge < -0.3 is 0 Å². The van der Waals surface area contributed by atoms with Gasteiger partial charge in [0.25, 0.3) is 0 Å². The first-order valence-electron chi connectivity index (χ1n) is 6.28. The summed E-state index contributed by atoms with van der Waals surface area (Å²) in [5.41, 5.74) is 0. The average molecular weight is 216 g/mol. The molecule has 0 rings (SSSR count). The standard InChI is InChI=1S/C13H28S/c1-5-8-10-13(4,14)11-9-12(6-2)7-3/h12,14H,5-11H2,1-4H3. The van der Waals surface area contributed by atoms with Gasteiger partial charge in [0.15, 0.2) is 0 Å². The molecule has 0 aliphatic rings. The molecule has 0 fully saturated rings. The number of thiol groups is 1. The van der Waals surface area contributed by atoms with Gasteiger partial charge in [-0.1, -0.05) is 53.4 Å². The van der Waals surface area contributed by atoms with Crippen molar-refractivity contribution >= 4 is 12.6 Å². The van der Waals surface area contributed by atoms with Gasteiger partial charge in [-0.3, -0.25) is 0 Å². The molecule has 0 aromatic rings. The molecular weight excluding hydrogens is 188 g/mol. The van der Waals surface area contributed by atoms with Crippen molar-refractivity contribution in [3.05, 3.63) is 0 Å². The lowest BCUT2D eigenvalue weighted by molar-refractivity contribution is 0.396. The molecule has 0 spiro atoms. The van der Waals surface area contributed by atoms with Crippen LogP contribution in [0.25, 0.3) is 0 Å². The molecule has 0 heterocycles. The molecule has 0 aromatic heterocycles. The van der Waals surface area contributed by atoms with Crippen LogP contribution in [0.3, 0.4) is 0 Å². The Morgan fingerprint density at radius 1 is 1.07 bits per heavy atom. The predicted octanol–water partition coefficient (Wildman–Crippen LogP) is 5.08. The molecule has 1 unspecified atom stereocenters. The third-order valence-corrected chi connectivity index (χ3v) is 3.76. The second-order valence-corrected chi connectivity index (χ2v) is 5.90. The molecule has 0 aliphatic heterocycles. The zero-order chi connectivity index (χ0) is 11.0. The van der Waals surface area contributed by atoms with Gasteiger partial charge in [-0.05, 0) is 25.2 Å². The zero-order valence-electron chi connectivity index (χ0n) is 10.5.